The SMILES string of the molecule is O=C1CCC[C@H]2CC[C@@H]3CCCOC(=O)[C@H]3[C@H]12. The van der Waals surface area contributed by atoms with E-state index >= 15 is 0 Å². The second-order valence-electron chi connectivity index (χ2n) is 5.82. The molecule has 3 fully saturated rings. The van der Waals surface area contributed by atoms with Crippen LogP contribution >= 0.6 is 0 Å². The van der Waals surface area contributed by atoms with Gasteiger partial charge in [0.2, 0.25) is 0 Å². The van der Waals surface area contributed by atoms with Crippen LogP contribution in [0.2, 0.25) is 0 Å². The molecule has 0 unspecified atom stereocenters. The first-order chi connectivity index (χ1) is 8.27. The lowest BCUT2D eigenvalue weighted by molar-refractivity contribution is -0.158. The molecule has 94 valence electrons. The van der Waals surface area contributed by atoms with E-state index in [0.29, 0.717) is 30.6 Å². The second kappa shape index (κ2) is 4.43. The maximum Gasteiger partial charge on any atom is 0.309 e. The predicted octanol–water partition coefficient (Wildman–Crippen LogP) is 2.33. The van der Waals surface area contributed by atoms with E-state index in [1.165, 1.54) is 0 Å². The van der Waals surface area contributed by atoms with Crippen molar-refractivity contribution in [2.75, 3.05) is 6.61 Å². The molecule has 4 atom stereocenters. The Kier molecular flexibility index (Phi) is 2.93. The Hall–Kier alpha value is -0.860. The lowest BCUT2D eigenvalue weighted by Gasteiger charge is -2.42. The van der Waals surface area contributed by atoms with Crippen LogP contribution in [0.15, 0.2) is 0 Å². The maximum absolute atomic E-state index is 12.1. The van der Waals surface area contributed by atoms with Gasteiger partial charge < -0.3 is 4.74 Å². The number of carbonyl (C=O) groups is 2. The van der Waals surface area contributed by atoms with Crippen LogP contribution in [-0.2, 0) is 14.3 Å². The van der Waals surface area contributed by atoms with Gasteiger partial charge in [-0.2, -0.15) is 0 Å². The summed E-state index contributed by atoms with van der Waals surface area (Å²) in [7, 11) is 0. The zero-order chi connectivity index (χ0) is 11.8. The van der Waals surface area contributed by atoms with Crippen molar-refractivity contribution in [3.05, 3.63) is 0 Å². The van der Waals surface area contributed by atoms with Gasteiger partial charge in [-0.1, -0.05) is 0 Å². The van der Waals surface area contributed by atoms with Crippen LogP contribution in [0.3, 0.4) is 0 Å². The number of ether oxygens (including phenoxy) is 1. The number of esters is 1. The molecule has 0 aromatic carbocycles. The summed E-state index contributed by atoms with van der Waals surface area (Å²) in [6, 6.07) is 0. The topological polar surface area (TPSA) is 43.4 Å². The first-order valence-electron chi connectivity index (χ1n) is 6.96. The van der Waals surface area contributed by atoms with E-state index < -0.39 is 0 Å². The molecule has 1 saturated heterocycles. The van der Waals surface area contributed by atoms with E-state index in [1.807, 2.05) is 0 Å². The van der Waals surface area contributed by atoms with Crippen molar-refractivity contribution in [3.8, 4) is 0 Å². The third-order valence-corrected chi connectivity index (χ3v) is 4.92. The van der Waals surface area contributed by atoms with Gasteiger partial charge in [-0.15, -0.1) is 0 Å². The van der Waals surface area contributed by atoms with Crippen molar-refractivity contribution in [2.45, 2.75) is 44.9 Å². The molecule has 2 saturated carbocycles. The first-order valence-corrected chi connectivity index (χ1v) is 6.96. The molecule has 0 aromatic heterocycles. The molecule has 1 aliphatic heterocycles. The number of ketones is 1. The molecular formula is C14H20O3. The smallest absolute Gasteiger partial charge is 0.309 e. The summed E-state index contributed by atoms with van der Waals surface area (Å²) in [5.41, 5.74) is 0. The van der Waals surface area contributed by atoms with Gasteiger partial charge in [0.1, 0.15) is 5.78 Å². The molecule has 0 N–H and O–H groups in total. The van der Waals surface area contributed by atoms with Crippen molar-refractivity contribution in [1.82, 2.24) is 0 Å². The van der Waals surface area contributed by atoms with Gasteiger partial charge in [0.15, 0.2) is 0 Å². The Bertz CT molecular complexity index is 336. The Morgan fingerprint density at radius 1 is 0.882 bits per heavy atom. The number of hydrogen-bond donors (Lipinski definition) is 0. The molecule has 0 amide bonds. The van der Waals surface area contributed by atoms with Crippen LogP contribution in [0, 0.1) is 23.7 Å². The molecule has 1 heterocycles. The van der Waals surface area contributed by atoms with Crippen LogP contribution in [0.4, 0.5) is 0 Å². The highest BCUT2D eigenvalue weighted by atomic mass is 16.5. The molecule has 17 heavy (non-hydrogen) atoms. The standard InChI is InChI=1S/C14H20O3/c15-11-5-1-3-9-6-7-10-4-2-8-17-14(16)13(10)12(9)11/h9-10,12-13H,1-8H2/t9-,10-,12-,13+/m0/s1. The second-order valence-corrected chi connectivity index (χ2v) is 5.82. The first kappa shape index (κ1) is 11.2. The van der Waals surface area contributed by atoms with Crippen LogP contribution in [-0.4, -0.2) is 18.4 Å². The average molecular weight is 236 g/mol. The normalized spacial score (nSPS) is 42.1. The molecule has 0 radical (unpaired) electrons. The minimum absolute atomic E-state index is 0.00639. The van der Waals surface area contributed by atoms with Crippen molar-refractivity contribution in [3.63, 3.8) is 0 Å². The average Bonchev–Trinajstić information content (AvgIpc) is 2.52. The summed E-state index contributed by atoms with van der Waals surface area (Å²) in [5.74, 6) is 1.00. The van der Waals surface area contributed by atoms with E-state index in [4.69, 9.17) is 4.74 Å². The number of rotatable bonds is 0. The highest BCUT2D eigenvalue weighted by molar-refractivity contribution is 5.88. The monoisotopic (exact) mass is 236 g/mol. The summed E-state index contributed by atoms with van der Waals surface area (Å²) in [5, 5.41) is 0. The zero-order valence-corrected chi connectivity index (χ0v) is 10.2. The van der Waals surface area contributed by atoms with E-state index in [2.05, 4.69) is 0 Å². The molecule has 3 heteroatoms. The fourth-order valence-electron chi connectivity index (χ4n) is 4.14. The lowest BCUT2D eigenvalue weighted by atomic mass is 9.60. The van der Waals surface area contributed by atoms with Crippen molar-refractivity contribution >= 4 is 11.8 Å². The molecule has 0 aromatic rings. The number of fused-ring (bicyclic) bond motifs is 3. The molecular weight excluding hydrogens is 216 g/mol. The fourth-order valence-corrected chi connectivity index (χ4v) is 4.14. The van der Waals surface area contributed by atoms with Gasteiger partial charge in [0, 0.05) is 12.3 Å². The molecule has 3 rings (SSSR count). The summed E-state index contributed by atoms with van der Waals surface area (Å²) in [4.78, 5) is 24.2. The zero-order valence-electron chi connectivity index (χ0n) is 10.2. The van der Waals surface area contributed by atoms with Crippen LogP contribution < -0.4 is 0 Å². The number of hydrogen-bond acceptors (Lipinski definition) is 3. The Morgan fingerprint density at radius 2 is 1.59 bits per heavy atom. The number of cyclic esters (lactones) is 1. The van der Waals surface area contributed by atoms with Crippen molar-refractivity contribution in [2.24, 2.45) is 23.7 Å². The molecule has 3 nitrogen and oxygen atoms in total. The molecule has 2 aliphatic carbocycles. The van der Waals surface area contributed by atoms with Crippen LogP contribution in [0.1, 0.15) is 44.9 Å². The summed E-state index contributed by atoms with van der Waals surface area (Å²) in [6.45, 7) is 0.553. The minimum Gasteiger partial charge on any atom is -0.465 e. The van der Waals surface area contributed by atoms with Crippen molar-refractivity contribution < 1.29 is 14.3 Å². The highest BCUT2D eigenvalue weighted by Crippen LogP contribution is 2.47. The third-order valence-electron chi connectivity index (χ3n) is 4.92. The van der Waals surface area contributed by atoms with Gasteiger partial charge in [0.25, 0.3) is 0 Å². The van der Waals surface area contributed by atoms with E-state index in [0.717, 1.165) is 38.5 Å². The van der Waals surface area contributed by atoms with Gasteiger partial charge in [0.05, 0.1) is 12.5 Å². The molecule has 0 bridgehead atoms. The van der Waals surface area contributed by atoms with Gasteiger partial charge >= 0.3 is 5.97 Å². The largest absolute Gasteiger partial charge is 0.465 e. The summed E-state index contributed by atoms with van der Waals surface area (Å²) >= 11 is 0. The number of carbonyl (C=O) groups excluding carboxylic acids is 2. The van der Waals surface area contributed by atoms with E-state index in [9.17, 15) is 9.59 Å². The molecule has 3 aliphatic rings. The maximum atomic E-state index is 12.1. The fraction of sp³-hybridized carbons (Fsp3) is 0.857. The van der Waals surface area contributed by atoms with Gasteiger partial charge in [-0.05, 0) is 50.4 Å². The van der Waals surface area contributed by atoms with Gasteiger partial charge in [-0.25, -0.2) is 0 Å². The summed E-state index contributed by atoms with van der Waals surface area (Å²) < 4.78 is 5.28. The van der Waals surface area contributed by atoms with Crippen LogP contribution in [0.25, 0.3) is 0 Å². The van der Waals surface area contributed by atoms with E-state index in [1.54, 1.807) is 0 Å². The van der Waals surface area contributed by atoms with Crippen LogP contribution in [0.5, 0.6) is 0 Å². The minimum atomic E-state index is -0.107. The predicted molar refractivity (Wildman–Crippen MR) is 62.2 cm³/mol. The number of Topliss-reactive ketones (excluding diaryl/α,β-unsaturated/α-hetero) is 1. The van der Waals surface area contributed by atoms with E-state index in [-0.39, 0.29) is 17.8 Å². The Balaban J connectivity index is 1.89. The van der Waals surface area contributed by atoms with Gasteiger partial charge in [-0.3, -0.25) is 9.59 Å². The Morgan fingerprint density at radius 3 is 2.41 bits per heavy atom. The highest BCUT2D eigenvalue weighted by Gasteiger charge is 2.48. The summed E-state index contributed by atoms with van der Waals surface area (Å²) in [6.07, 6.45) is 7.13. The third kappa shape index (κ3) is 1.90. The Labute approximate surface area is 102 Å². The van der Waals surface area contributed by atoms with Crippen molar-refractivity contribution in [1.29, 1.82) is 0 Å². The lowest BCUT2D eigenvalue weighted by Crippen LogP contribution is -2.45. The molecule has 0 spiro atoms. The quantitative estimate of drug-likeness (QED) is 0.606.